The maximum atomic E-state index is 12.1. The van der Waals surface area contributed by atoms with Crippen molar-refractivity contribution in [1.82, 2.24) is 10.2 Å². The van der Waals surface area contributed by atoms with Crippen LogP contribution >= 0.6 is 11.6 Å². The predicted molar refractivity (Wildman–Crippen MR) is 102 cm³/mol. The van der Waals surface area contributed by atoms with Gasteiger partial charge in [-0.1, -0.05) is 54.1 Å². The number of para-hydroxylation sites is 1. The number of carbonyl (C=O) groups is 1. The Labute approximate surface area is 154 Å². The first kappa shape index (κ1) is 19.3. The van der Waals surface area contributed by atoms with Gasteiger partial charge in [-0.3, -0.25) is 4.79 Å². The van der Waals surface area contributed by atoms with Crippen LogP contribution in [0.1, 0.15) is 18.9 Å². The van der Waals surface area contributed by atoms with Gasteiger partial charge >= 0.3 is 0 Å². The van der Waals surface area contributed by atoms with Crippen molar-refractivity contribution in [2.45, 2.75) is 26.0 Å². The second-order valence-electron chi connectivity index (χ2n) is 6.06. The lowest BCUT2D eigenvalue weighted by atomic mass is 10.2. The predicted octanol–water partition coefficient (Wildman–Crippen LogP) is 3.75. The van der Waals surface area contributed by atoms with Crippen molar-refractivity contribution >= 4 is 17.5 Å². The number of benzene rings is 2. The van der Waals surface area contributed by atoms with E-state index < -0.39 is 6.10 Å². The Balaban J connectivity index is 1.65. The van der Waals surface area contributed by atoms with Crippen LogP contribution in [0.15, 0.2) is 54.6 Å². The van der Waals surface area contributed by atoms with Crippen LogP contribution in [0.25, 0.3) is 0 Å². The van der Waals surface area contributed by atoms with E-state index in [9.17, 15) is 4.79 Å². The number of hydrogen-bond acceptors (Lipinski definition) is 3. The number of nitrogens with zero attached hydrogens (tertiary/aromatic N) is 1. The van der Waals surface area contributed by atoms with Crippen molar-refractivity contribution in [2.24, 2.45) is 0 Å². The molecule has 0 bridgehead atoms. The quantitative estimate of drug-likeness (QED) is 0.692. The van der Waals surface area contributed by atoms with Crippen LogP contribution in [-0.2, 0) is 11.3 Å². The maximum Gasteiger partial charge on any atom is 0.260 e. The molecule has 0 fully saturated rings. The molecule has 5 heteroatoms. The standard InChI is InChI=1S/C20H25ClN2O2/c1-16(25-19-12-7-6-11-18(19)21)20(24)22-13-8-14-23(2)15-17-9-4-3-5-10-17/h3-7,9-12,16H,8,13-15H2,1-2H3,(H,22,24). The maximum absolute atomic E-state index is 12.1. The van der Waals surface area contributed by atoms with Crippen molar-refractivity contribution in [3.63, 3.8) is 0 Å². The molecule has 0 radical (unpaired) electrons. The highest BCUT2D eigenvalue weighted by molar-refractivity contribution is 6.32. The molecule has 2 aromatic rings. The Hall–Kier alpha value is -2.04. The molecule has 134 valence electrons. The average molecular weight is 361 g/mol. The van der Waals surface area contributed by atoms with Gasteiger partial charge in [0.25, 0.3) is 5.91 Å². The van der Waals surface area contributed by atoms with Crippen molar-refractivity contribution in [3.8, 4) is 5.75 Å². The number of ether oxygens (including phenoxy) is 1. The van der Waals surface area contributed by atoms with Crippen molar-refractivity contribution < 1.29 is 9.53 Å². The molecule has 0 saturated carbocycles. The van der Waals surface area contributed by atoms with Crippen LogP contribution in [0.3, 0.4) is 0 Å². The average Bonchev–Trinajstić information content (AvgIpc) is 2.61. The second-order valence-corrected chi connectivity index (χ2v) is 6.47. The summed E-state index contributed by atoms with van der Waals surface area (Å²) >= 11 is 6.04. The Bertz CT molecular complexity index is 664. The molecule has 0 heterocycles. The van der Waals surface area contributed by atoms with Crippen molar-refractivity contribution in [1.29, 1.82) is 0 Å². The van der Waals surface area contributed by atoms with E-state index in [4.69, 9.17) is 16.3 Å². The van der Waals surface area contributed by atoms with Gasteiger partial charge in [0.2, 0.25) is 0 Å². The minimum absolute atomic E-state index is 0.134. The number of carbonyl (C=O) groups excluding carboxylic acids is 1. The highest BCUT2D eigenvalue weighted by Gasteiger charge is 2.15. The van der Waals surface area contributed by atoms with Gasteiger partial charge in [0.05, 0.1) is 5.02 Å². The summed E-state index contributed by atoms with van der Waals surface area (Å²) in [7, 11) is 2.08. The molecule has 0 aliphatic heterocycles. The zero-order valence-electron chi connectivity index (χ0n) is 14.7. The van der Waals surface area contributed by atoms with Gasteiger partial charge in [0.1, 0.15) is 5.75 Å². The van der Waals surface area contributed by atoms with E-state index in [2.05, 4.69) is 29.4 Å². The number of halogens is 1. The van der Waals surface area contributed by atoms with E-state index in [0.29, 0.717) is 17.3 Å². The van der Waals surface area contributed by atoms with Crippen molar-refractivity contribution in [2.75, 3.05) is 20.1 Å². The lowest BCUT2D eigenvalue weighted by Crippen LogP contribution is -2.37. The number of nitrogens with one attached hydrogen (secondary N) is 1. The summed E-state index contributed by atoms with van der Waals surface area (Å²) in [5.74, 6) is 0.389. The van der Waals surface area contributed by atoms with E-state index in [1.54, 1.807) is 19.1 Å². The van der Waals surface area contributed by atoms with Gasteiger partial charge in [0, 0.05) is 13.1 Å². The largest absolute Gasteiger partial charge is 0.479 e. The van der Waals surface area contributed by atoms with Crippen LogP contribution in [0.4, 0.5) is 0 Å². The zero-order chi connectivity index (χ0) is 18.1. The van der Waals surface area contributed by atoms with Gasteiger partial charge in [-0.15, -0.1) is 0 Å². The van der Waals surface area contributed by atoms with Crippen LogP contribution in [0.5, 0.6) is 5.75 Å². The molecule has 0 aliphatic carbocycles. The smallest absolute Gasteiger partial charge is 0.260 e. The van der Waals surface area contributed by atoms with Crippen LogP contribution in [0.2, 0.25) is 5.02 Å². The normalized spacial score (nSPS) is 12.0. The second kappa shape index (κ2) is 10.1. The lowest BCUT2D eigenvalue weighted by molar-refractivity contribution is -0.127. The molecule has 1 N–H and O–H groups in total. The summed E-state index contributed by atoms with van der Waals surface area (Å²) in [6, 6.07) is 17.5. The number of rotatable bonds is 9. The van der Waals surface area contributed by atoms with E-state index in [1.165, 1.54) is 5.56 Å². The third-order valence-electron chi connectivity index (χ3n) is 3.82. The van der Waals surface area contributed by atoms with Crippen LogP contribution in [-0.4, -0.2) is 37.0 Å². The van der Waals surface area contributed by atoms with E-state index >= 15 is 0 Å². The Morgan fingerprint density at radius 3 is 2.56 bits per heavy atom. The third-order valence-corrected chi connectivity index (χ3v) is 4.13. The van der Waals surface area contributed by atoms with Gasteiger partial charge in [-0.25, -0.2) is 0 Å². The Morgan fingerprint density at radius 2 is 1.84 bits per heavy atom. The first-order valence-electron chi connectivity index (χ1n) is 8.47. The lowest BCUT2D eigenvalue weighted by Gasteiger charge is -2.18. The number of hydrogen-bond donors (Lipinski definition) is 1. The minimum atomic E-state index is -0.582. The summed E-state index contributed by atoms with van der Waals surface area (Å²) in [4.78, 5) is 14.3. The fourth-order valence-corrected chi connectivity index (χ4v) is 2.64. The van der Waals surface area contributed by atoms with Crippen LogP contribution < -0.4 is 10.1 Å². The summed E-state index contributed by atoms with van der Waals surface area (Å²) in [6.07, 6.45) is 0.301. The van der Waals surface area contributed by atoms with E-state index in [-0.39, 0.29) is 5.91 Å². The topological polar surface area (TPSA) is 41.6 Å². The molecule has 25 heavy (non-hydrogen) atoms. The van der Waals surface area contributed by atoms with Crippen LogP contribution in [0, 0.1) is 0 Å². The molecule has 1 atom stereocenters. The molecule has 1 amide bonds. The SMILES string of the molecule is CC(Oc1ccccc1Cl)C(=O)NCCCN(C)Cc1ccccc1. The molecular weight excluding hydrogens is 336 g/mol. The van der Waals surface area contributed by atoms with E-state index in [1.807, 2.05) is 30.3 Å². The molecule has 0 aromatic heterocycles. The number of amides is 1. The Kier molecular flexibility index (Phi) is 7.76. The summed E-state index contributed by atoms with van der Waals surface area (Å²) in [5, 5.41) is 3.41. The molecule has 1 unspecified atom stereocenters. The zero-order valence-corrected chi connectivity index (χ0v) is 15.5. The summed E-state index contributed by atoms with van der Waals surface area (Å²) < 4.78 is 5.61. The molecule has 2 rings (SSSR count). The minimum Gasteiger partial charge on any atom is -0.479 e. The first-order chi connectivity index (χ1) is 12.1. The molecule has 2 aromatic carbocycles. The van der Waals surface area contributed by atoms with Gasteiger partial charge < -0.3 is 15.0 Å². The molecular formula is C20H25ClN2O2. The van der Waals surface area contributed by atoms with Gasteiger partial charge in [-0.05, 0) is 44.6 Å². The molecule has 0 saturated heterocycles. The first-order valence-corrected chi connectivity index (χ1v) is 8.85. The molecule has 4 nitrogen and oxygen atoms in total. The van der Waals surface area contributed by atoms with Crippen molar-refractivity contribution in [3.05, 3.63) is 65.2 Å². The summed E-state index contributed by atoms with van der Waals surface area (Å²) in [5.41, 5.74) is 1.29. The monoisotopic (exact) mass is 360 g/mol. The highest BCUT2D eigenvalue weighted by Crippen LogP contribution is 2.24. The fourth-order valence-electron chi connectivity index (χ4n) is 2.46. The third kappa shape index (κ3) is 6.77. The molecule has 0 spiro atoms. The highest BCUT2D eigenvalue weighted by atomic mass is 35.5. The Morgan fingerprint density at radius 1 is 1.16 bits per heavy atom. The van der Waals surface area contributed by atoms with Gasteiger partial charge in [-0.2, -0.15) is 0 Å². The van der Waals surface area contributed by atoms with Gasteiger partial charge in [0.15, 0.2) is 6.10 Å². The fraction of sp³-hybridized carbons (Fsp3) is 0.350. The van der Waals surface area contributed by atoms with E-state index in [0.717, 1.165) is 19.5 Å². The summed E-state index contributed by atoms with van der Waals surface area (Å²) in [6.45, 7) is 4.16. The molecule has 0 aliphatic rings.